The van der Waals surface area contributed by atoms with E-state index in [1.54, 1.807) is 0 Å². The van der Waals surface area contributed by atoms with Crippen LogP contribution in [0.15, 0.2) is 73.1 Å². The molecule has 2 fully saturated rings. The molecule has 17 heteroatoms. The summed E-state index contributed by atoms with van der Waals surface area (Å²) in [6, 6.07) is 22.8. The van der Waals surface area contributed by atoms with Crippen molar-refractivity contribution in [2.45, 2.75) is 84.6 Å². The van der Waals surface area contributed by atoms with Crippen LogP contribution in [-0.4, -0.2) is 136 Å². The molecule has 0 saturated carbocycles. The monoisotopic (exact) mass is 950 g/mol. The number of anilines is 2. The third-order valence-corrected chi connectivity index (χ3v) is 15.2. The van der Waals surface area contributed by atoms with Crippen molar-refractivity contribution in [3.63, 3.8) is 0 Å². The number of hydrogen-bond donors (Lipinski definition) is 1. The van der Waals surface area contributed by atoms with Gasteiger partial charge in [0.05, 0.1) is 50.5 Å². The summed E-state index contributed by atoms with van der Waals surface area (Å²) < 4.78 is 32.0. The quantitative estimate of drug-likeness (QED) is 0.0473. The van der Waals surface area contributed by atoms with Crippen molar-refractivity contribution in [3.8, 4) is 22.5 Å². The second-order valence-electron chi connectivity index (χ2n) is 19.6. The minimum absolute atomic E-state index is 0.130. The third kappa shape index (κ3) is 14.0. The highest BCUT2D eigenvalue weighted by atomic mass is 28.3. The Kier molecular flexibility index (Phi) is 17.4. The van der Waals surface area contributed by atoms with Crippen LogP contribution in [0.1, 0.15) is 18.1 Å². The molecule has 2 aromatic carbocycles. The Labute approximate surface area is 397 Å². The lowest BCUT2D eigenvalue weighted by atomic mass is 10.0. The molecule has 67 heavy (non-hydrogen) atoms. The highest BCUT2D eigenvalue weighted by Crippen LogP contribution is 2.33. The first kappa shape index (κ1) is 49.9. The fourth-order valence-electron chi connectivity index (χ4n) is 7.97. The Balaban J connectivity index is 0.000000200. The van der Waals surface area contributed by atoms with Crippen molar-refractivity contribution >= 4 is 55.6 Å². The first-order chi connectivity index (χ1) is 32.3. The number of rotatable bonds is 19. The average molecular weight is 951 g/mol. The molecule has 0 atom stereocenters. The molecule has 6 aromatic rings. The Bertz CT molecular complexity index is 2540. The summed E-state index contributed by atoms with van der Waals surface area (Å²) in [5.41, 5.74) is 7.82. The Morgan fingerprint density at radius 1 is 0.657 bits per heavy atom. The summed E-state index contributed by atoms with van der Waals surface area (Å²) in [4.78, 5) is 25.8. The first-order valence-electron chi connectivity index (χ1n) is 23.8. The number of aliphatic hydroxyl groups excluding tert-OH is 1. The van der Waals surface area contributed by atoms with E-state index in [0.717, 1.165) is 132 Å². The zero-order valence-electron chi connectivity index (χ0n) is 40.6. The molecule has 8 rings (SSSR count). The molecule has 0 spiro atoms. The molecule has 0 radical (unpaired) electrons. The van der Waals surface area contributed by atoms with Crippen molar-refractivity contribution in [1.29, 1.82) is 0 Å². The predicted molar refractivity (Wildman–Crippen MR) is 271 cm³/mol. The smallest absolute Gasteiger partial charge is 0.310 e. The van der Waals surface area contributed by atoms with Gasteiger partial charge < -0.3 is 38.6 Å². The molecule has 0 aliphatic carbocycles. The number of pyridine rings is 2. The SMILES string of the molecule is CCOC(=O)Cc1ccc2c(c1)c(-c1ccnc(N3CCOCC3)c1)nn2COCC[Si](C)(C)C.C[Si](C)(C)CCOCn1nc(-c2ccnc(N3CCOCC3)c2)c2cc(CCO)ccc21. The minimum Gasteiger partial charge on any atom is -0.466 e. The van der Waals surface area contributed by atoms with E-state index >= 15 is 0 Å². The van der Waals surface area contributed by atoms with Gasteiger partial charge in [-0.25, -0.2) is 19.3 Å². The van der Waals surface area contributed by atoms with E-state index in [-0.39, 0.29) is 19.0 Å². The van der Waals surface area contributed by atoms with Gasteiger partial charge in [0.25, 0.3) is 0 Å². The van der Waals surface area contributed by atoms with Crippen LogP contribution in [0.4, 0.5) is 11.6 Å². The summed E-state index contributed by atoms with van der Waals surface area (Å²) in [6.45, 7) is 24.9. The number of hydrogen-bond acceptors (Lipinski definition) is 13. The van der Waals surface area contributed by atoms with Crippen molar-refractivity contribution in [2.75, 3.05) is 88.8 Å². The fourth-order valence-corrected chi connectivity index (χ4v) is 9.48. The standard InChI is InChI=1S/C26H36N4O4Si.C24H34N4O3Si/c1-5-34-25(31)17-20-6-7-23-22(16-20)26(28-30(23)19-33-14-15-35(2,3)4)21-8-9-27-24(18-21)29-10-12-32-13-11-29;1-32(2,3)15-14-31-18-28-22-5-4-19(7-11-29)16-21(22)24(26-28)20-6-8-25-23(17-20)27-9-12-30-13-10-27/h6-9,16,18H,5,10-15,17,19H2,1-4H3;4-6,8,16-17,29H,7,9-15,18H2,1-3H3. The maximum Gasteiger partial charge on any atom is 0.310 e. The largest absolute Gasteiger partial charge is 0.466 e. The van der Waals surface area contributed by atoms with Crippen LogP contribution >= 0.6 is 0 Å². The van der Waals surface area contributed by atoms with Gasteiger partial charge in [-0.2, -0.15) is 10.2 Å². The lowest BCUT2D eigenvalue weighted by Gasteiger charge is -2.27. The van der Waals surface area contributed by atoms with Gasteiger partial charge >= 0.3 is 5.97 Å². The first-order valence-corrected chi connectivity index (χ1v) is 31.2. The van der Waals surface area contributed by atoms with Crippen LogP contribution in [-0.2, 0) is 54.8 Å². The molecule has 0 bridgehead atoms. The van der Waals surface area contributed by atoms with Crippen LogP contribution in [0.5, 0.6) is 0 Å². The maximum atomic E-state index is 12.1. The summed E-state index contributed by atoms with van der Waals surface area (Å²) in [5.74, 6) is 1.64. The van der Waals surface area contributed by atoms with E-state index in [1.165, 1.54) is 0 Å². The van der Waals surface area contributed by atoms with Gasteiger partial charge in [0, 0.05) is 96.4 Å². The number of esters is 1. The number of nitrogens with zero attached hydrogens (tertiary/aromatic N) is 8. The van der Waals surface area contributed by atoms with E-state index in [9.17, 15) is 9.90 Å². The molecule has 0 unspecified atom stereocenters. The molecule has 2 aliphatic rings. The van der Waals surface area contributed by atoms with E-state index in [1.807, 2.05) is 59.0 Å². The van der Waals surface area contributed by atoms with Gasteiger partial charge in [-0.05, 0) is 85.1 Å². The van der Waals surface area contributed by atoms with Crippen molar-refractivity contribution in [2.24, 2.45) is 0 Å². The number of fused-ring (bicyclic) bond motifs is 2. The summed E-state index contributed by atoms with van der Waals surface area (Å²) in [5, 5.41) is 21.4. The molecule has 1 N–H and O–H groups in total. The summed E-state index contributed by atoms with van der Waals surface area (Å²) in [6.07, 6.45) is 4.55. The zero-order valence-corrected chi connectivity index (χ0v) is 42.6. The van der Waals surface area contributed by atoms with Gasteiger partial charge in [0.15, 0.2) is 0 Å². The molecule has 2 aliphatic heterocycles. The molecule has 15 nitrogen and oxygen atoms in total. The van der Waals surface area contributed by atoms with Gasteiger partial charge in [-0.15, -0.1) is 0 Å². The highest BCUT2D eigenvalue weighted by Gasteiger charge is 2.21. The van der Waals surface area contributed by atoms with Gasteiger partial charge in [-0.3, -0.25) is 4.79 Å². The predicted octanol–water partition coefficient (Wildman–Crippen LogP) is 8.13. The molecule has 6 heterocycles. The van der Waals surface area contributed by atoms with Crippen molar-refractivity contribution in [3.05, 3.63) is 84.2 Å². The molecular formula is C50H70N8O7Si2. The second-order valence-corrected chi connectivity index (χ2v) is 30.8. The number of carbonyl (C=O) groups excluding carboxylic acids is 1. The average Bonchev–Trinajstić information content (AvgIpc) is 3.87. The fraction of sp³-hybridized carbons (Fsp3) is 0.500. The van der Waals surface area contributed by atoms with Crippen LogP contribution in [0, 0.1) is 0 Å². The summed E-state index contributed by atoms with van der Waals surface area (Å²) >= 11 is 0. The summed E-state index contributed by atoms with van der Waals surface area (Å²) in [7, 11) is -2.30. The Morgan fingerprint density at radius 2 is 1.12 bits per heavy atom. The Morgan fingerprint density at radius 3 is 1.57 bits per heavy atom. The molecular weight excluding hydrogens is 881 g/mol. The van der Waals surface area contributed by atoms with Crippen LogP contribution in [0.2, 0.25) is 51.4 Å². The van der Waals surface area contributed by atoms with E-state index in [4.69, 9.17) is 33.9 Å². The molecule has 360 valence electrons. The highest BCUT2D eigenvalue weighted by molar-refractivity contribution is 6.76. The lowest BCUT2D eigenvalue weighted by molar-refractivity contribution is -0.142. The van der Waals surface area contributed by atoms with Gasteiger partial charge in [0.2, 0.25) is 0 Å². The van der Waals surface area contributed by atoms with Crippen molar-refractivity contribution < 1.29 is 33.6 Å². The van der Waals surface area contributed by atoms with E-state index in [0.29, 0.717) is 39.7 Å². The number of morpholine rings is 2. The number of aromatic nitrogens is 6. The van der Waals surface area contributed by atoms with E-state index in [2.05, 4.69) is 89.4 Å². The third-order valence-electron chi connectivity index (χ3n) is 11.8. The number of ether oxygens (including phenoxy) is 5. The zero-order chi connectivity index (χ0) is 47.4. The molecule has 4 aromatic heterocycles. The maximum absolute atomic E-state index is 12.1. The topological polar surface area (TPSA) is 151 Å². The molecule has 2 saturated heterocycles. The van der Waals surface area contributed by atoms with E-state index < -0.39 is 16.1 Å². The van der Waals surface area contributed by atoms with Crippen LogP contribution < -0.4 is 9.80 Å². The van der Waals surface area contributed by atoms with Gasteiger partial charge in [0.1, 0.15) is 36.5 Å². The lowest BCUT2D eigenvalue weighted by Crippen LogP contribution is -2.36. The van der Waals surface area contributed by atoms with Crippen LogP contribution in [0.25, 0.3) is 44.3 Å². The normalized spacial score (nSPS) is 14.7. The number of aliphatic hydroxyl groups is 1. The molecule has 0 amide bonds. The second kappa shape index (κ2) is 23.3. The Hall–Kier alpha value is -5.02. The number of benzene rings is 2. The minimum atomic E-state index is -1.17. The van der Waals surface area contributed by atoms with Crippen LogP contribution in [0.3, 0.4) is 0 Å². The van der Waals surface area contributed by atoms with Crippen molar-refractivity contribution in [1.82, 2.24) is 29.5 Å². The van der Waals surface area contributed by atoms with Gasteiger partial charge in [-0.1, -0.05) is 51.4 Å². The number of carbonyl (C=O) groups is 1.